The third-order valence-corrected chi connectivity index (χ3v) is 11.1. The van der Waals surface area contributed by atoms with Gasteiger partial charge in [-0.1, -0.05) is 19.9 Å². The Morgan fingerprint density at radius 1 is 1.06 bits per heavy atom. The normalized spacial score (nSPS) is 51.5. The van der Waals surface area contributed by atoms with E-state index in [9.17, 15) is 20.1 Å². The number of fused-ring (bicyclic) bond motifs is 5. The van der Waals surface area contributed by atoms with Crippen LogP contribution in [-0.2, 0) is 15.1 Å². The van der Waals surface area contributed by atoms with Crippen molar-refractivity contribution < 1.29 is 24.9 Å². The van der Waals surface area contributed by atoms with E-state index in [0.717, 1.165) is 43.4 Å². The van der Waals surface area contributed by atoms with E-state index in [2.05, 4.69) is 13.8 Å². The smallest absolute Gasteiger partial charge is 0.302 e. The van der Waals surface area contributed by atoms with Gasteiger partial charge in [0.05, 0.1) is 12.2 Å². The zero-order chi connectivity index (χ0) is 22.2. The Kier molecular flexibility index (Phi) is 5.13. The molecule has 0 saturated heterocycles. The number of hydrogen-bond donors (Lipinski definition) is 3. The molecule has 5 rings (SSSR count). The Morgan fingerprint density at radius 3 is 2.48 bits per heavy atom. The van der Waals surface area contributed by atoms with Crippen LogP contribution in [0.4, 0.5) is 0 Å². The predicted molar refractivity (Wildman–Crippen MR) is 118 cm³/mol. The topological polar surface area (TPSA) is 87.0 Å². The van der Waals surface area contributed by atoms with Gasteiger partial charge in [0.25, 0.3) is 0 Å². The number of thiophene rings is 1. The molecule has 10 unspecified atom stereocenters. The highest BCUT2D eigenvalue weighted by molar-refractivity contribution is 7.10. The minimum absolute atomic E-state index is 0.00531. The highest BCUT2D eigenvalue weighted by atomic mass is 32.1. The lowest BCUT2D eigenvalue weighted by Crippen LogP contribution is -2.65. The summed E-state index contributed by atoms with van der Waals surface area (Å²) >= 11 is 1.62. The first-order valence-corrected chi connectivity index (χ1v) is 12.8. The van der Waals surface area contributed by atoms with Gasteiger partial charge in [-0.3, -0.25) is 4.79 Å². The Hall–Kier alpha value is -0.950. The summed E-state index contributed by atoms with van der Waals surface area (Å²) in [6.07, 6.45) is 4.06. The summed E-state index contributed by atoms with van der Waals surface area (Å²) in [5, 5.41) is 36.6. The number of rotatable bonds is 2. The molecule has 4 fully saturated rings. The van der Waals surface area contributed by atoms with Gasteiger partial charge in [0.1, 0.15) is 11.7 Å². The molecular formula is C25H36O5S. The summed E-state index contributed by atoms with van der Waals surface area (Å²) in [7, 11) is 0. The molecule has 0 aliphatic heterocycles. The summed E-state index contributed by atoms with van der Waals surface area (Å²) in [5.41, 5.74) is -1.23. The van der Waals surface area contributed by atoms with Crippen molar-refractivity contribution >= 4 is 17.3 Å². The second kappa shape index (κ2) is 7.28. The van der Waals surface area contributed by atoms with E-state index in [1.807, 2.05) is 17.5 Å². The van der Waals surface area contributed by atoms with Gasteiger partial charge in [-0.2, -0.15) is 0 Å². The molecule has 0 radical (unpaired) electrons. The van der Waals surface area contributed by atoms with E-state index in [4.69, 9.17) is 4.74 Å². The summed E-state index contributed by atoms with van der Waals surface area (Å²) in [5.74, 6) is 0.160. The van der Waals surface area contributed by atoms with Crippen LogP contribution in [-0.4, -0.2) is 39.6 Å². The predicted octanol–water partition coefficient (Wildman–Crippen LogP) is 3.85. The number of esters is 1. The van der Waals surface area contributed by atoms with Gasteiger partial charge < -0.3 is 20.1 Å². The number of ether oxygens (including phenoxy) is 1. The lowest BCUT2D eigenvalue weighted by atomic mass is 9.43. The first-order chi connectivity index (χ1) is 14.6. The van der Waals surface area contributed by atoms with Gasteiger partial charge in [-0.15, -0.1) is 11.3 Å². The van der Waals surface area contributed by atoms with Crippen molar-refractivity contribution in [1.29, 1.82) is 0 Å². The summed E-state index contributed by atoms with van der Waals surface area (Å²) in [4.78, 5) is 12.5. The van der Waals surface area contributed by atoms with Crippen LogP contribution in [0.5, 0.6) is 0 Å². The molecule has 4 aliphatic rings. The van der Waals surface area contributed by atoms with Gasteiger partial charge in [0, 0.05) is 17.2 Å². The molecule has 31 heavy (non-hydrogen) atoms. The Bertz CT molecular complexity index is 841. The summed E-state index contributed by atoms with van der Waals surface area (Å²) in [6.45, 7) is 5.94. The van der Waals surface area contributed by atoms with Crippen molar-refractivity contribution in [3.05, 3.63) is 22.4 Å². The maximum atomic E-state index is 11.9. The molecule has 0 bridgehead atoms. The Balaban J connectivity index is 1.47. The van der Waals surface area contributed by atoms with Crippen molar-refractivity contribution in [1.82, 2.24) is 0 Å². The molecule has 0 aromatic carbocycles. The van der Waals surface area contributed by atoms with Crippen molar-refractivity contribution in [2.24, 2.45) is 34.5 Å². The molecule has 1 aromatic heterocycles. The number of carbonyl (C=O) groups excluding carboxylic acids is 1. The second-order valence-electron chi connectivity index (χ2n) is 11.2. The molecule has 4 saturated carbocycles. The largest absolute Gasteiger partial charge is 0.463 e. The van der Waals surface area contributed by atoms with Crippen molar-refractivity contribution in [3.63, 3.8) is 0 Å². The summed E-state index contributed by atoms with van der Waals surface area (Å²) in [6, 6.07) is 4.05. The minimum atomic E-state index is -0.855. The lowest BCUT2D eigenvalue weighted by Gasteiger charge is -2.64. The third kappa shape index (κ3) is 2.94. The fourth-order valence-corrected chi connectivity index (χ4v) is 9.49. The van der Waals surface area contributed by atoms with Crippen molar-refractivity contribution in [2.45, 2.75) is 89.6 Å². The van der Waals surface area contributed by atoms with Crippen LogP contribution in [0.1, 0.15) is 70.6 Å². The molecule has 0 spiro atoms. The lowest BCUT2D eigenvalue weighted by molar-refractivity contribution is -0.234. The Labute approximate surface area is 188 Å². The van der Waals surface area contributed by atoms with Crippen molar-refractivity contribution in [3.8, 4) is 0 Å². The number of aliphatic hydroxyl groups is 3. The van der Waals surface area contributed by atoms with Crippen molar-refractivity contribution in [2.75, 3.05) is 0 Å². The summed E-state index contributed by atoms with van der Waals surface area (Å²) < 4.78 is 5.50. The minimum Gasteiger partial charge on any atom is -0.463 e. The number of carbonyl (C=O) groups is 1. The standard InChI is InChI=1S/C25H36O5S/c1-14(26)30-15-6-9-23(2)16-7-10-24(3)17(20(16)22(28)21(27)18(23)13-15)8-11-25(24,29)19-5-4-12-31-19/h4-5,12,15-18,20-22,27-29H,6-11,13H2,1-3H3. The fourth-order valence-electron chi connectivity index (χ4n) is 8.50. The van der Waals surface area contributed by atoms with Gasteiger partial charge in [0.2, 0.25) is 0 Å². The zero-order valence-corrected chi connectivity index (χ0v) is 19.6. The van der Waals surface area contributed by atoms with Crippen LogP contribution in [0.2, 0.25) is 0 Å². The second-order valence-corrected chi connectivity index (χ2v) is 12.2. The van der Waals surface area contributed by atoms with Crippen LogP contribution < -0.4 is 0 Å². The van der Waals surface area contributed by atoms with E-state index in [-0.39, 0.29) is 40.7 Å². The Morgan fingerprint density at radius 2 is 1.81 bits per heavy atom. The highest BCUT2D eigenvalue weighted by Gasteiger charge is 2.68. The monoisotopic (exact) mass is 448 g/mol. The van der Waals surface area contributed by atoms with Crippen LogP contribution in [0.3, 0.4) is 0 Å². The van der Waals surface area contributed by atoms with E-state index in [0.29, 0.717) is 12.3 Å². The van der Waals surface area contributed by atoms with E-state index in [1.165, 1.54) is 6.92 Å². The van der Waals surface area contributed by atoms with Crippen LogP contribution in [0.15, 0.2) is 17.5 Å². The maximum Gasteiger partial charge on any atom is 0.302 e. The molecule has 4 aliphatic carbocycles. The molecule has 1 heterocycles. The highest BCUT2D eigenvalue weighted by Crippen LogP contribution is 2.70. The van der Waals surface area contributed by atoms with Crippen LogP contribution in [0.25, 0.3) is 0 Å². The van der Waals surface area contributed by atoms with Gasteiger partial charge in [-0.05, 0) is 85.5 Å². The molecule has 10 atom stereocenters. The first-order valence-electron chi connectivity index (χ1n) is 11.9. The number of aliphatic hydroxyl groups excluding tert-OH is 2. The molecule has 1 aromatic rings. The van der Waals surface area contributed by atoms with E-state index < -0.39 is 17.8 Å². The average molecular weight is 449 g/mol. The number of hydrogen-bond acceptors (Lipinski definition) is 6. The zero-order valence-electron chi connectivity index (χ0n) is 18.8. The van der Waals surface area contributed by atoms with Gasteiger partial charge in [-0.25, -0.2) is 0 Å². The molecule has 172 valence electrons. The molecule has 0 amide bonds. The maximum absolute atomic E-state index is 11.9. The SMILES string of the molecule is CC(=O)OC1CCC2(C)C(C1)C(O)C(O)C1C2CCC2(C)C1CCC2(O)c1cccs1. The van der Waals surface area contributed by atoms with Crippen LogP contribution >= 0.6 is 11.3 Å². The molecular weight excluding hydrogens is 412 g/mol. The van der Waals surface area contributed by atoms with Crippen LogP contribution in [0, 0.1) is 34.5 Å². The van der Waals surface area contributed by atoms with E-state index in [1.54, 1.807) is 11.3 Å². The quantitative estimate of drug-likeness (QED) is 0.598. The fraction of sp³-hybridized carbons (Fsp3) is 0.800. The van der Waals surface area contributed by atoms with Gasteiger partial charge in [0.15, 0.2) is 0 Å². The van der Waals surface area contributed by atoms with Gasteiger partial charge >= 0.3 is 5.97 Å². The van der Waals surface area contributed by atoms with E-state index >= 15 is 0 Å². The average Bonchev–Trinajstić information content (AvgIpc) is 3.35. The molecule has 3 N–H and O–H groups in total. The first kappa shape index (κ1) is 21.9. The third-order valence-electron chi connectivity index (χ3n) is 10.1. The molecule has 6 heteroatoms. The molecule has 5 nitrogen and oxygen atoms in total.